The van der Waals surface area contributed by atoms with Gasteiger partial charge in [0.05, 0.1) is 6.04 Å². The lowest BCUT2D eigenvalue weighted by Crippen LogP contribution is -2.46. The minimum absolute atomic E-state index is 0.402. The van der Waals surface area contributed by atoms with Crippen molar-refractivity contribution in [3.05, 3.63) is 0 Å². The average molecular weight is 197 g/mol. The molecule has 0 spiro atoms. The van der Waals surface area contributed by atoms with E-state index in [1.54, 1.807) is 0 Å². The zero-order chi connectivity index (χ0) is 11.4. The van der Waals surface area contributed by atoms with E-state index in [0.29, 0.717) is 6.42 Å². The molecule has 14 heavy (non-hydrogen) atoms. The second-order valence-electron chi connectivity index (χ2n) is 3.53. The molecule has 0 aromatic heterocycles. The van der Waals surface area contributed by atoms with Gasteiger partial charge in [-0.05, 0) is 20.3 Å². The standard InChI is InChI=1S/C10H15NO3/c1-5-7(6-2)11-8(12)10(3,4)9(13)14/h1,7H,6H2,2-4H3,(H,11,12)(H,13,14). The van der Waals surface area contributed by atoms with Crippen molar-refractivity contribution in [2.24, 2.45) is 5.41 Å². The number of carbonyl (C=O) groups is 2. The van der Waals surface area contributed by atoms with E-state index in [-0.39, 0.29) is 0 Å². The Morgan fingerprint density at radius 1 is 1.57 bits per heavy atom. The molecule has 0 saturated carbocycles. The Morgan fingerprint density at radius 2 is 2.07 bits per heavy atom. The molecule has 0 rings (SSSR count). The molecule has 78 valence electrons. The Hall–Kier alpha value is -1.50. The smallest absolute Gasteiger partial charge is 0.318 e. The number of carbonyl (C=O) groups excluding carboxylic acids is 1. The topological polar surface area (TPSA) is 66.4 Å². The van der Waals surface area contributed by atoms with Gasteiger partial charge in [0.25, 0.3) is 0 Å². The van der Waals surface area contributed by atoms with Crippen molar-refractivity contribution < 1.29 is 14.7 Å². The lowest BCUT2D eigenvalue weighted by Gasteiger charge is -2.20. The van der Waals surface area contributed by atoms with Crippen molar-refractivity contribution in [3.8, 4) is 12.3 Å². The lowest BCUT2D eigenvalue weighted by atomic mass is 9.92. The molecule has 0 aliphatic carbocycles. The quantitative estimate of drug-likeness (QED) is 0.513. The predicted molar refractivity (Wildman–Crippen MR) is 52.5 cm³/mol. The first kappa shape index (κ1) is 12.5. The highest BCUT2D eigenvalue weighted by Gasteiger charge is 2.36. The van der Waals surface area contributed by atoms with Gasteiger partial charge < -0.3 is 10.4 Å². The molecule has 0 aliphatic rings. The van der Waals surface area contributed by atoms with Gasteiger partial charge in [-0.15, -0.1) is 6.42 Å². The predicted octanol–water partition coefficient (Wildman–Crippen LogP) is 0.625. The zero-order valence-electron chi connectivity index (χ0n) is 8.63. The Bertz CT molecular complexity index is 276. The van der Waals surface area contributed by atoms with Gasteiger partial charge in [-0.1, -0.05) is 12.8 Å². The highest BCUT2D eigenvalue weighted by atomic mass is 16.4. The molecule has 0 aromatic carbocycles. The number of hydrogen-bond acceptors (Lipinski definition) is 2. The van der Waals surface area contributed by atoms with Crippen LogP contribution in [0.3, 0.4) is 0 Å². The summed E-state index contributed by atoms with van der Waals surface area (Å²) in [6.07, 6.45) is 5.72. The summed E-state index contributed by atoms with van der Waals surface area (Å²) in [5.41, 5.74) is -1.44. The molecule has 1 atom stereocenters. The summed E-state index contributed by atoms with van der Waals surface area (Å²) >= 11 is 0. The van der Waals surface area contributed by atoms with Gasteiger partial charge in [-0.2, -0.15) is 0 Å². The molecule has 1 amide bonds. The first-order valence-corrected chi connectivity index (χ1v) is 4.36. The van der Waals surface area contributed by atoms with E-state index >= 15 is 0 Å². The molecular formula is C10H15NO3. The normalized spacial score (nSPS) is 12.7. The van der Waals surface area contributed by atoms with Gasteiger partial charge in [-0.25, -0.2) is 0 Å². The number of aliphatic carboxylic acids is 1. The van der Waals surface area contributed by atoms with Gasteiger partial charge in [0.1, 0.15) is 5.41 Å². The van der Waals surface area contributed by atoms with Crippen LogP contribution in [0.2, 0.25) is 0 Å². The number of carboxylic acids is 1. The Kier molecular flexibility index (Phi) is 4.16. The fourth-order valence-electron chi connectivity index (χ4n) is 0.697. The molecule has 0 heterocycles. The van der Waals surface area contributed by atoms with Crippen LogP contribution < -0.4 is 5.32 Å². The molecule has 0 fully saturated rings. The van der Waals surface area contributed by atoms with Gasteiger partial charge in [0.15, 0.2) is 0 Å². The van der Waals surface area contributed by atoms with Gasteiger partial charge in [0, 0.05) is 0 Å². The first-order valence-electron chi connectivity index (χ1n) is 4.36. The summed E-state index contributed by atoms with van der Waals surface area (Å²) < 4.78 is 0. The van der Waals surface area contributed by atoms with Crippen molar-refractivity contribution in [2.45, 2.75) is 33.2 Å². The maximum absolute atomic E-state index is 11.4. The van der Waals surface area contributed by atoms with Crippen LogP contribution in [-0.2, 0) is 9.59 Å². The Labute approximate surface area is 83.7 Å². The highest BCUT2D eigenvalue weighted by Crippen LogP contribution is 2.15. The monoisotopic (exact) mass is 197 g/mol. The third-order valence-electron chi connectivity index (χ3n) is 2.02. The number of hydrogen-bond donors (Lipinski definition) is 2. The van der Waals surface area contributed by atoms with E-state index in [0.717, 1.165) is 0 Å². The van der Waals surface area contributed by atoms with E-state index in [4.69, 9.17) is 11.5 Å². The second kappa shape index (κ2) is 4.66. The summed E-state index contributed by atoms with van der Waals surface area (Å²) in [6.45, 7) is 4.50. The van der Waals surface area contributed by atoms with E-state index in [1.807, 2.05) is 6.92 Å². The van der Waals surface area contributed by atoms with Crippen LogP contribution in [0.25, 0.3) is 0 Å². The molecule has 0 bridgehead atoms. The molecule has 2 N–H and O–H groups in total. The summed E-state index contributed by atoms with van der Waals surface area (Å²) in [5, 5.41) is 11.2. The molecule has 4 nitrogen and oxygen atoms in total. The van der Waals surface area contributed by atoms with Crippen LogP contribution >= 0.6 is 0 Å². The van der Waals surface area contributed by atoms with Gasteiger partial charge >= 0.3 is 5.97 Å². The van der Waals surface area contributed by atoms with Crippen LogP contribution in [0.4, 0.5) is 0 Å². The maximum Gasteiger partial charge on any atom is 0.318 e. The minimum atomic E-state index is -1.44. The number of nitrogens with one attached hydrogen (secondary N) is 1. The third kappa shape index (κ3) is 2.77. The zero-order valence-corrected chi connectivity index (χ0v) is 8.63. The van der Waals surface area contributed by atoms with Crippen molar-refractivity contribution in [2.75, 3.05) is 0 Å². The van der Waals surface area contributed by atoms with Crippen molar-refractivity contribution >= 4 is 11.9 Å². The Balaban J connectivity index is 4.50. The van der Waals surface area contributed by atoms with Crippen LogP contribution in [0, 0.1) is 17.8 Å². The fourth-order valence-corrected chi connectivity index (χ4v) is 0.697. The Morgan fingerprint density at radius 3 is 2.36 bits per heavy atom. The maximum atomic E-state index is 11.4. The first-order chi connectivity index (χ1) is 6.36. The minimum Gasteiger partial charge on any atom is -0.480 e. The molecule has 0 aliphatic heterocycles. The highest BCUT2D eigenvalue weighted by molar-refractivity contribution is 6.01. The van der Waals surface area contributed by atoms with E-state index in [9.17, 15) is 9.59 Å². The van der Waals surface area contributed by atoms with E-state index < -0.39 is 23.3 Å². The molecule has 0 saturated heterocycles. The van der Waals surface area contributed by atoms with Gasteiger partial charge in [-0.3, -0.25) is 9.59 Å². The largest absolute Gasteiger partial charge is 0.480 e. The summed E-state index contributed by atoms with van der Waals surface area (Å²) in [4.78, 5) is 22.2. The van der Waals surface area contributed by atoms with E-state index in [1.165, 1.54) is 13.8 Å². The van der Waals surface area contributed by atoms with Crippen LogP contribution in [-0.4, -0.2) is 23.0 Å². The van der Waals surface area contributed by atoms with Crippen molar-refractivity contribution in [1.29, 1.82) is 0 Å². The SMILES string of the molecule is C#CC(CC)NC(=O)C(C)(C)C(=O)O. The number of amides is 1. The molecule has 0 aromatic rings. The summed E-state index contributed by atoms with van der Waals surface area (Å²) in [5.74, 6) is 0.643. The van der Waals surface area contributed by atoms with Crippen LogP contribution in [0.1, 0.15) is 27.2 Å². The molecule has 0 radical (unpaired) electrons. The molecular weight excluding hydrogens is 182 g/mol. The van der Waals surface area contributed by atoms with Crippen LogP contribution in [0.15, 0.2) is 0 Å². The lowest BCUT2D eigenvalue weighted by molar-refractivity contribution is -0.153. The summed E-state index contributed by atoms with van der Waals surface area (Å²) in [6, 6.07) is -0.402. The molecule has 4 heteroatoms. The number of terminal acetylenes is 1. The van der Waals surface area contributed by atoms with Crippen molar-refractivity contribution in [1.82, 2.24) is 5.32 Å². The number of carboxylic acid groups (broad SMARTS) is 1. The van der Waals surface area contributed by atoms with E-state index in [2.05, 4.69) is 11.2 Å². The van der Waals surface area contributed by atoms with Crippen molar-refractivity contribution in [3.63, 3.8) is 0 Å². The fraction of sp³-hybridized carbons (Fsp3) is 0.600. The van der Waals surface area contributed by atoms with Crippen LogP contribution in [0.5, 0.6) is 0 Å². The third-order valence-corrected chi connectivity index (χ3v) is 2.02. The number of rotatable bonds is 4. The average Bonchev–Trinajstić information content (AvgIpc) is 2.13. The second-order valence-corrected chi connectivity index (χ2v) is 3.53. The molecule has 1 unspecified atom stereocenters. The van der Waals surface area contributed by atoms with Gasteiger partial charge in [0.2, 0.25) is 5.91 Å². The summed E-state index contributed by atoms with van der Waals surface area (Å²) in [7, 11) is 0.